The lowest BCUT2D eigenvalue weighted by Gasteiger charge is -2.12. The van der Waals surface area contributed by atoms with Gasteiger partial charge in [-0.2, -0.15) is 0 Å². The number of amides is 1. The van der Waals surface area contributed by atoms with Gasteiger partial charge in [0.05, 0.1) is 24.7 Å². The molecule has 0 heterocycles. The molecule has 0 saturated heterocycles. The van der Waals surface area contributed by atoms with Crippen molar-refractivity contribution in [1.29, 1.82) is 0 Å². The molecule has 0 bridgehead atoms. The summed E-state index contributed by atoms with van der Waals surface area (Å²) in [5.41, 5.74) is 1.54. The number of sulfone groups is 1. The van der Waals surface area contributed by atoms with Crippen molar-refractivity contribution < 1.29 is 22.7 Å². The van der Waals surface area contributed by atoms with Crippen LogP contribution in [0.3, 0.4) is 0 Å². The Bertz CT molecular complexity index is 946. The number of halogens is 1. The lowest BCUT2D eigenvalue weighted by molar-refractivity contribution is -0.120. The van der Waals surface area contributed by atoms with Crippen molar-refractivity contribution in [3.8, 4) is 11.5 Å². The fraction of sp³-hybridized carbons (Fsp3) is 0.409. The molecule has 8 heteroatoms. The zero-order valence-electron chi connectivity index (χ0n) is 17.3. The molecule has 0 aliphatic carbocycles. The first-order valence-corrected chi connectivity index (χ1v) is 12.1. The largest absolute Gasteiger partial charge is 0.490 e. The highest BCUT2D eigenvalue weighted by Crippen LogP contribution is 2.28. The number of hydrogen-bond acceptors (Lipinski definition) is 5. The molecule has 0 spiro atoms. The van der Waals surface area contributed by atoms with Gasteiger partial charge in [-0.25, -0.2) is 8.42 Å². The van der Waals surface area contributed by atoms with E-state index in [4.69, 9.17) is 21.1 Å². The Morgan fingerprint density at radius 1 is 1.03 bits per heavy atom. The van der Waals surface area contributed by atoms with Crippen LogP contribution < -0.4 is 14.8 Å². The molecule has 0 atom stereocenters. The van der Waals surface area contributed by atoms with Crippen molar-refractivity contribution in [3.63, 3.8) is 0 Å². The SMILES string of the molecule is CCOc1ccc(CCNC(=O)CCS(=O)(=O)Cc2ccccc2Cl)cc1OCC. The quantitative estimate of drug-likeness (QED) is 0.528. The summed E-state index contributed by atoms with van der Waals surface area (Å²) in [7, 11) is -3.43. The van der Waals surface area contributed by atoms with Crippen molar-refractivity contribution in [1.82, 2.24) is 5.32 Å². The van der Waals surface area contributed by atoms with Crippen LogP contribution in [0.15, 0.2) is 42.5 Å². The molecule has 164 valence electrons. The zero-order valence-corrected chi connectivity index (χ0v) is 18.9. The third kappa shape index (κ3) is 7.88. The molecular weight excluding hydrogens is 426 g/mol. The fourth-order valence-electron chi connectivity index (χ4n) is 2.86. The summed E-state index contributed by atoms with van der Waals surface area (Å²) in [4.78, 5) is 12.1. The van der Waals surface area contributed by atoms with Crippen molar-refractivity contribution in [2.24, 2.45) is 0 Å². The molecule has 0 saturated carbocycles. The molecule has 2 aromatic rings. The van der Waals surface area contributed by atoms with Crippen LogP contribution >= 0.6 is 11.6 Å². The average molecular weight is 454 g/mol. The maximum absolute atomic E-state index is 12.3. The van der Waals surface area contributed by atoms with E-state index in [-0.39, 0.29) is 23.8 Å². The maximum Gasteiger partial charge on any atom is 0.221 e. The summed E-state index contributed by atoms with van der Waals surface area (Å²) in [5, 5.41) is 3.18. The second kappa shape index (κ2) is 11.8. The summed E-state index contributed by atoms with van der Waals surface area (Å²) < 4.78 is 35.7. The average Bonchev–Trinajstić information content (AvgIpc) is 2.70. The molecule has 2 aromatic carbocycles. The van der Waals surface area contributed by atoms with Crippen molar-refractivity contribution >= 4 is 27.3 Å². The molecule has 0 radical (unpaired) electrons. The summed E-state index contributed by atoms with van der Waals surface area (Å²) in [6, 6.07) is 12.5. The lowest BCUT2D eigenvalue weighted by atomic mass is 10.1. The highest BCUT2D eigenvalue weighted by atomic mass is 35.5. The van der Waals surface area contributed by atoms with Gasteiger partial charge in [-0.05, 0) is 49.6 Å². The van der Waals surface area contributed by atoms with Crippen LogP contribution in [0.2, 0.25) is 5.02 Å². The van der Waals surface area contributed by atoms with Crippen molar-refractivity contribution in [2.75, 3.05) is 25.5 Å². The van der Waals surface area contributed by atoms with Crippen LogP contribution in [-0.4, -0.2) is 39.8 Å². The number of nitrogens with one attached hydrogen (secondary N) is 1. The van der Waals surface area contributed by atoms with Gasteiger partial charge in [-0.15, -0.1) is 0 Å². The number of carbonyl (C=O) groups is 1. The Morgan fingerprint density at radius 2 is 1.73 bits per heavy atom. The van der Waals surface area contributed by atoms with Gasteiger partial charge in [-0.3, -0.25) is 4.79 Å². The first kappa shape index (κ1) is 24.0. The third-order valence-corrected chi connectivity index (χ3v) is 6.26. The van der Waals surface area contributed by atoms with E-state index in [1.165, 1.54) is 0 Å². The molecule has 0 unspecified atom stereocenters. The molecule has 30 heavy (non-hydrogen) atoms. The Hall–Kier alpha value is -2.25. The highest BCUT2D eigenvalue weighted by Gasteiger charge is 2.16. The van der Waals surface area contributed by atoms with Gasteiger partial charge < -0.3 is 14.8 Å². The topological polar surface area (TPSA) is 81.7 Å². The van der Waals surface area contributed by atoms with E-state index >= 15 is 0 Å². The Balaban J connectivity index is 1.80. The number of rotatable bonds is 12. The summed E-state index contributed by atoms with van der Waals surface area (Å²) in [5.74, 6) is 0.673. The van der Waals surface area contributed by atoms with Crippen molar-refractivity contribution in [3.05, 3.63) is 58.6 Å². The predicted octanol–water partition coefficient (Wildman–Crippen LogP) is 3.80. The standard InChI is InChI=1S/C22H28ClNO5S/c1-3-28-20-10-9-17(15-21(20)29-4-2)11-13-24-22(25)12-14-30(26,27)16-18-7-5-6-8-19(18)23/h5-10,15H,3-4,11-14,16H2,1-2H3,(H,24,25). The first-order chi connectivity index (χ1) is 14.3. The van der Waals surface area contributed by atoms with Crippen LogP contribution in [-0.2, 0) is 26.8 Å². The van der Waals surface area contributed by atoms with Crippen LogP contribution in [0.1, 0.15) is 31.4 Å². The van der Waals surface area contributed by atoms with Crippen molar-refractivity contribution in [2.45, 2.75) is 32.4 Å². The minimum absolute atomic E-state index is 0.0831. The molecule has 1 amide bonds. The fourth-order valence-corrected chi connectivity index (χ4v) is 4.51. The van der Waals surface area contributed by atoms with Gasteiger partial charge in [0.15, 0.2) is 21.3 Å². The van der Waals surface area contributed by atoms with E-state index < -0.39 is 9.84 Å². The molecule has 0 aliphatic heterocycles. The molecule has 2 rings (SSSR count). The predicted molar refractivity (Wildman–Crippen MR) is 119 cm³/mol. The summed E-state index contributed by atoms with van der Waals surface area (Å²) >= 11 is 6.02. The smallest absolute Gasteiger partial charge is 0.221 e. The second-order valence-electron chi connectivity index (χ2n) is 6.68. The molecule has 0 aromatic heterocycles. The van der Waals surface area contributed by atoms with Crippen LogP contribution in [0.4, 0.5) is 0 Å². The Morgan fingerprint density at radius 3 is 2.43 bits per heavy atom. The molecule has 0 fully saturated rings. The van der Waals surface area contributed by atoms with Gasteiger partial charge in [-0.1, -0.05) is 35.9 Å². The monoisotopic (exact) mass is 453 g/mol. The number of hydrogen-bond donors (Lipinski definition) is 1. The highest BCUT2D eigenvalue weighted by molar-refractivity contribution is 7.90. The van der Waals surface area contributed by atoms with E-state index in [0.29, 0.717) is 48.3 Å². The van der Waals surface area contributed by atoms with Crippen LogP contribution in [0.25, 0.3) is 0 Å². The molecule has 0 aliphatic rings. The van der Waals surface area contributed by atoms with E-state index in [0.717, 1.165) is 5.56 Å². The minimum Gasteiger partial charge on any atom is -0.490 e. The third-order valence-electron chi connectivity index (χ3n) is 4.32. The van der Waals surface area contributed by atoms with E-state index in [2.05, 4.69) is 5.32 Å². The second-order valence-corrected chi connectivity index (χ2v) is 9.27. The number of benzene rings is 2. The number of carbonyl (C=O) groups excluding carboxylic acids is 1. The Kier molecular flexibility index (Phi) is 9.46. The van der Waals surface area contributed by atoms with E-state index in [1.807, 2.05) is 32.0 Å². The molecule has 6 nitrogen and oxygen atoms in total. The van der Waals surface area contributed by atoms with Gasteiger partial charge in [0.25, 0.3) is 0 Å². The minimum atomic E-state index is -3.43. The number of ether oxygens (including phenoxy) is 2. The summed E-state index contributed by atoms with van der Waals surface area (Å²) in [6.07, 6.45) is 0.519. The van der Waals surface area contributed by atoms with Gasteiger partial charge in [0.2, 0.25) is 5.91 Å². The van der Waals surface area contributed by atoms with Crippen LogP contribution in [0.5, 0.6) is 11.5 Å². The Labute approximate surface area is 183 Å². The van der Waals surface area contributed by atoms with Gasteiger partial charge in [0.1, 0.15) is 0 Å². The first-order valence-electron chi connectivity index (χ1n) is 9.93. The maximum atomic E-state index is 12.3. The normalized spacial score (nSPS) is 11.2. The van der Waals surface area contributed by atoms with Gasteiger partial charge >= 0.3 is 0 Å². The van der Waals surface area contributed by atoms with E-state index in [1.54, 1.807) is 24.3 Å². The van der Waals surface area contributed by atoms with E-state index in [9.17, 15) is 13.2 Å². The van der Waals surface area contributed by atoms with Crippen LogP contribution in [0, 0.1) is 0 Å². The molecular formula is C22H28ClNO5S. The molecule has 1 N–H and O–H groups in total. The summed E-state index contributed by atoms with van der Waals surface area (Å²) in [6.45, 7) is 5.30. The lowest BCUT2D eigenvalue weighted by Crippen LogP contribution is -2.27. The zero-order chi connectivity index (χ0) is 22.0. The van der Waals surface area contributed by atoms with Gasteiger partial charge in [0, 0.05) is 18.0 Å².